The Hall–Kier alpha value is -3.62. The Labute approximate surface area is 167 Å². The van der Waals surface area contributed by atoms with Crippen molar-refractivity contribution in [1.82, 2.24) is 9.97 Å². The van der Waals surface area contributed by atoms with Crippen LogP contribution in [0.2, 0.25) is 0 Å². The first kappa shape index (κ1) is 20.1. The molecule has 3 N–H and O–H groups in total. The second-order valence-corrected chi connectivity index (χ2v) is 7.40. The molecule has 0 aromatic carbocycles. The highest BCUT2D eigenvalue weighted by molar-refractivity contribution is 6.10. The average molecular weight is 397 g/mol. The molecule has 0 aliphatic rings. The van der Waals surface area contributed by atoms with Crippen LogP contribution in [-0.2, 0) is 4.74 Å². The van der Waals surface area contributed by atoms with E-state index in [-0.39, 0.29) is 11.6 Å². The number of fused-ring (bicyclic) bond motifs is 1. The van der Waals surface area contributed by atoms with Gasteiger partial charge in [-0.25, -0.2) is 14.8 Å². The van der Waals surface area contributed by atoms with E-state index in [2.05, 4.69) is 25.9 Å². The summed E-state index contributed by atoms with van der Waals surface area (Å²) in [5.41, 5.74) is 1.55. The summed E-state index contributed by atoms with van der Waals surface area (Å²) < 4.78 is 10.9. The van der Waals surface area contributed by atoms with E-state index in [0.29, 0.717) is 22.6 Å². The number of aromatic nitrogens is 2. The van der Waals surface area contributed by atoms with Gasteiger partial charge in [-0.2, -0.15) is 0 Å². The van der Waals surface area contributed by atoms with E-state index < -0.39 is 17.6 Å². The number of amides is 2. The lowest BCUT2D eigenvalue weighted by molar-refractivity contribution is 0.0635. The molecule has 0 aliphatic carbocycles. The van der Waals surface area contributed by atoms with Crippen LogP contribution in [0.5, 0.6) is 0 Å². The van der Waals surface area contributed by atoms with Crippen molar-refractivity contribution in [3.05, 3.63) is 41.8 Å². The fourth-order valence-electron chi connectivity index (χ4n) is 2.56. The highest BCUT2D eigenvalue weighted by Crippen LogP contribution is 2.31. The van der Waals surface area contributed by atoms with Crippen LogP contribution >= 0.6 is 0 Å². The van der Waals surface area contributed by atoms with Gasteiger partial charge < -0.3 is 19.8 Å². The molecule has 0 saturated heterocycles. The molecule has 0 spiro atoms. The van der Waals surface area contributed by atoms with E-state index in [9.17, 15) is 9.59 Å². The van der Waals surface area contributed by atoms with Crippen molar-refractivity contribution in [2.45, 2.75) is 33.3 Å². The van der Waals surface area contributed by atoms with Gasteiger partial charge in [0.25, 0.3) is 5.91 Å². The predicted octanol–water partition coefficient (Wildman–Crippen LogP) is 4.17. The molecule has 9 heteroatoms. The Balaban J connectivity index is 1.86. The minimum absolute atomic E-state index is 0.0618. The Morgan fingerprint density at radius 3 is 2.41 bits per heavy atom. The van der Waals surface area contributed by atoms with Crippen LogP contribution in [0.25, 0.3) is 11.1 Å². The molecular weight excluding hydrogens is 374 g/mol. The normalized spacial score (nSPS) is 11.2. The third-order valence-electron chi connectivity index (χ3n) is 3.77. The Bertz CT molecular complexity index is 1050. The Kier molecular flexibility index (Phi) is 5.40. The summed E-state index contributed by atoms with van der Waals surface area (Å²) in [6.07, 6.45) is 1.03. The number of carbonyl (C=O) groups excluding carboxylic acids is 2. The van der Waals surface area contributed by atoms with Gasteiger partial charge >= 0.3 is 6.09 Å². The maximum atomic E-state index is 12.7. The molecule has 3 aromatic rings. The number of ether oxygens (including phenoxy) is 1. The zero-order valence-corrected chi connectivity index (χ0v) is 16.9. The average Bonchev–Trinajstić information content (AvgIpc) is 3.00. The fourth-order valence-corrected chi connectivity index (χ4v) is 2.56. The summed E-state index contributed by atoms with van der Waals surface area (Å²) >= 11 is 0. The van der Waals surface area contributed by atoms with E-state index in [0.717, 1.165) is 5.56 Å². The third kappa shape index (κ3) is 4.81. The standard InChI is InChI=1S/C20H23N5O4/c1-11-6-8-13(22-10-11)24-18(26)17-16(21-5)15-12(28-17)7-9-14(23-15)25-19(27)29-20(2,3)4/h6-10,21H,1-5H3,(H,22,24,26)(H,23,25,27). The number of anilines is 3. The van der Waals surface area contributed by atoms with Crippen LogP contribution in [0.1, 0.15) is 36.9 Å². The molecule has 0 radical (unpaired) electrons. The number of rotatable bonds is 4. The Morgan fingerprint density at radius 2 is 1.79 bits per heavy atom. The first-order chi connectivity index (χ1) is 13.7. The maximum Gasteiger partial charge on any atom is 0.413 e. The first-order valence-corrected chi connectivity index (χ1v) is 9.01. The number of pyridine rings is 2. The molecule has 2 amide bonds. The molecule has 0 atom stereocenters. The predicted molar refractivity (Wildman–Crippen MR) is 110 cm³/mol. The van der Waals surface area contributed by atoms with Gasteiger partial charge in [0.2, 0.25) is 5.76 Å². The summed E-state index contributed by atoms with van der Waals surface area (Å²) in [5, 5.41) is 8.20. The highest BCUT2D eigenvalue weighted by atomic mass is 16.6. The van der Waals surface area contributed by atoms with Gasteiger partial charge in [0.1, 0.15) is 28.4 Å². The van der Waals surface area contributed by atoms with Crippen LogP contribution < -0.4 is 16.0 Å². The second-order valence-electron chi connectivity index (χ2n) is 7.40. The van der Waals surface area contributed by atoms with Gasteiger partial charge in [0.15, 0.2) is 5.58 Å². The molecule has 0 saturated carbocycles. The minimum atomic E-state index is -0.630. The number of hydrogen-bond donors (Lipinski definition) is 3. The monoisotopic (exact) mass is 397 g/mol. The Morgan fingerprint density at radius 1 is 1.07 bits per heavy atom. The van der Waals surface area contributed by atoms with Crippen LogP contribution in [-0.4, -0.2) is 34.6 Å². The smallest absolute Gasteiger partial charge is 0.413 e. The van der Waals surface area contributed by atoms with E-state index in [1.54, 1.807) is 52.2 Å². The van der Waals surface area contributed by atoms with Crippen molar-refractivity contribution in [3.63, 3.8) is 0 Å². The van der Waals surface area contributed by atoms with Crippen LogP contribution in [0.15, 0.2) is 34.9 Å². The number of furan rings is 1. The van der Waals surface area contributed by atoms with Crippen molar-refractivity contribution in [3.8, 4) is 0 Å². The van der Waals surface area contributed by atoms with Crippen molar-refractivity contribution in [2.24, 2.45) is 0 Å². The van der Waals surface area contributed by atoms with Crippen LogP contribution in [0, 0.1) is 6.92 Å². The summed E-state index contributed by atoms with van der Waals surface area (Å²) in [4.78, 5) is 33.2. The molecular formula is C20H23N5O4. The van der Waals surface area contributed by atoms with Gasteiger partial charge in [-0.15, -0.1) is 0 Å². The van der Waals surface area contributed by atoms with Crippen LogP contribution in [0.4, 0.5) is 22.1 Å². The second kappa shape index (κ2) is 7.78. The molecule has 0 unspecified atom stereocenters. The maximum absolute atomic E-state index is 12.7. The molecule has 29 heavy (non-hydrogen) atoms. The van der Waals surface area contributed by atoms with Crippen molar-refractivity contribution < 1.29 is 18.7 Å². The summed E-state index contributed by atoms with van der Waals surface area (Å²) in [5.74, 6) is 0.275. The lowest BCUT2D eigenvalue weighted by atomic mass is 10.2. The summed E-state index contributed by atoms with van der Waals surface area (Å²) in [6.45, 7) is 7.22. The molecule has 3 rings (SSSR count). The lowest BCUT2D eigenvalue weighted by Crippen LogP contribution is -2.27. The minimum Gasteiger partial charge on any atom is -0.447 e. The summed E-state index contributed by atoms with van der Waals surface area (Å²) in [7, 11) is 1.65. The topological polar surface area (TPSA) is 118 Å². The van der Waals surface area contributed by atoms with Crippen LogP contribution in [0.3, 0.4) is 0 Å². The van der Waals surface area contributed by atoms with E-state index >= 15 is 0 Å². The molecule has 9 nitrogen and oxygen atoms in total. The molecule has 0 aliphatic heterocycles. The zero-order chi connectivity index (χ0) is 21.2. The van der Waals surface area contributed by atoms with Gasteiger partial charge in [0, 0.05) is 13.2 Å². The van der Waals surface area contributed by atoms with Gasteiger partial charge in [-0.1, -0.05) is 6.07 Å². The third-order valence-corrected chi connectivity index (χ3v) is 3.77. The largest absolute Gasteiger partial charge is 0.447 e. The van der Waals surface area contributed by atoms with Gasteiger partial charge in [0.05, 0.1) is 0 Å². The van der Waals surface area contributed by atoms with E-state index in [4.69, 9.17) is 9.15 Å². The lowest BCUT2D eigenvalue weighted by Gasteiger charge is -2.19. The first-order valence-electron chi connectivity index (χ1n) is 9.01. The van der Waals surface area contributed by atoms with E-state index in [1.807, 2.05) is 13.0 Å². The van der Waals surface area contributed by atoms with Crippen molar-refractivity contribution in [2.75, 3.05) is 23.0 Å². The molecule has 3 heterocycles. The molecule has 0 bridgehead atoms. The van der Waals surface area contributed by atoms with Crippen molar-refractivity contribution in [1.29, 1.82) is 0 Å². The number of hydrogen-bond acceptors (Lipinski definition) is 7. The number of carbonyl (C=O) groups is 2. The zero-order valence-electron chi connectivity index (χ0n) is 16.9. The molecule has 3 aromatic heterocycles. The van der Waals surface area contributed by atoms with Crippen molar-refractivity contribution >= 4 is 40.4 Å². The quantitative estimate of drug-likeness (QED) is 0.604. The van der Waals surface area contributed by atoms with E-state index in [1.165, 1.54) is 0 Å². The number of aryl methyl sites for hydroxylation is 1. The highest BCUT2D eigenvalue weighted by Gasteiger charge is 2.23. The van der Waals surface area contributed by atoms with Gasteiger partial charge in [-0.3, -0.25) is 10.1 Å². The number of nitrogens with one attached hydrogen (secondary N) is 3. The molecule has 152 valence electrons. The number of nitrogens with zero attached hydrogens (tertiary/aromatic N) is 2. The SMILES string of the molecule is CNc1c(C(=O)Nc2ccc(C)cn2)oc2ccc(NC(=O)OC(C)(C)C)nc12. The summed E-state index contributed by atoms with van der Waals surface area (Å²) in [6, 6.07) is 6.74. The fraction of sp³-hybridized carbons (Fsp3) is 0.300. The van der Waals surface area contributed by atoms with Gasteiger partial charge in [-0.05, 0) is 51.5 Å². The molecule has 0 fully saturated rings.